The number of hydrogen-bond donors (Lipinski definition) is 2. The standard InChI is InChI=1S/C23H24FN7O/c1-13-20(30(3)4)22(26-12-15-7-5-8-16(24)11-15)29-23(27-13)31-14(2)28-19-17(21(25)32)9-6-10-18(19)31/h5-11H,12H2,1-4H3,(H2,25,32)(H,26,27,29). The molecule has 0 aliphatic heterocycles. The molecule has 2 heterocycles. The normalized spacial score (nSPS) is 11.0. The van der Waals surface area contributed by atoms with Gasteiger partial charge in [-0.05, 0) is 43.7 Å². The maximum absolute atomic E-state index is 13.6. The van der Waals surface area contributed by atoms with Gasteiger partial charge in [0.1, 0.15) is 22.8 Å². The first kappa shape index (κ1) is 21.2. The fraction of sp³-hybridized carbons (Fsp3) is 0.217. The molecule has 0 aliphatic rings. The number of nitrogens with zero attached hydrogens (tertiary/aromatic N) is 5. The van der Waals surface area contributed by atoms with Gasteiger partial charge in [-0.25, -0.2) is 14.4 Å². The molecule has 0 unspecified atom stereocenters. The van der Waals surface area contributed by atoms with Gasteiger partial charge in [-0.1, -0.05) is 18.2 Å². The van der Waals surface area contributed by atoms with Crippen molar-refractivity contribution in [1.29, 1.82) is 0 Å². The molecule has 2 aromatic carbocycles. The average molecular weight is 433 g/mol. The maximum Gasteiger partial charge on any atom is 0.250 e. The largest absolute Gasteiger partial charge is 0.373 e. The van der Waals surface area contributed by atoms with Crippen molar-refractivity contribution in [2.45, 2.75) is 20.4 Å². The number of fused-ring (bicyclic) bond motifs is 1. The molecule has 164 valence electrons. The van der Waals surface area contributed by atoms with Gasteiger partial charge in [0.25, 0.3) is 5.91 Å². The molecule has 4 aromatic rings. The molecule has 3 N–H and O–H groups in total. The molecule has 0 radical (unpaired) electrons. The van der Waals surface area contributed by atoms with E-state index in [0.717, 1.165) is 16.9 Å². The van der Waals surface area contributed by atoms with Crippen molar-refractivity contribution in [3.05, 3.63) is 70.9 Å². The topological polar surface area (TPSA) is 102 Å². The number of aryl methyl sites for hydroxylation is 2. The van der Waals surface area contributed by atoms with Crippen LogP contribution in [0.3, 0.4) is 0 Å². The number of primary amides is 1. The van der Waals surface area contributed by atoms with Crippen LogP contribution in [0.15, 0.2) is 42.5 Å². The second-order valence-corrected chi connectivity index (χ2v) is 7.72. The first-order valence-corrected chi connectivity index (χ1v) is 10.1. The third kappa shape index (κ3) is 3.84. The molecule has 0 atom stereocenters. The fourth-order valence-corrected chi connectivity index (χ4v) is 3.81. The Bertz CT molecular complexity index is 1330. The van der Waals surface area contributed by atoms with E-state index in [1.807, 2.05) is 45.0 Å². The van der Waals surface area contributed by atoms with Crippen molar-refractivity contribution in [2.75, 3.05) is 24.3 Å². The number of anilines is 2. The van der Waals surface area contributed by atoms with Gasteiger partial charge in [-0.3, -0.25) is 9.36 Å². The molecule has 32 heavy (non-hydrogen) atoms. The Morgan fingerprint density at radius 1 is 1.12 bits per heavy atom. The Morgan fingerprint density at radius 3 is 2.56 bits per heavy atom. The summed E-state index contributed by atoms with van der Waals surface area (Å²) in [5.74, 6) is 0.813. The van der Waals surface area contributed by atoms with Crippen LogP contribution in [0.25, 0.3) is 17.0 Å². The average Bonchev–Trinajstić information content (AvgIpc) is 3.07. The number of carbonyl (C=O) groups is 1. The van der Waals surface area contributed by atoms with E-state index in [1.54, 1.807) is 22.8 Å². The van der Waals surface area contributed by atoms with E-state index in [0.29, 0.717) is 40.7 Å². The van der Waals surface area contributed by atoms with Crippen LogP contribution in [0.5, 0.6) is 0 Å². The van der Waals surface area contributed by atoms with Gasteiger partial charge < -0.3 is 16.0 Å². The van der Waals surface area contributed by atoms with Gasteiger partial charge in [0.2, 0.25) is 5.95 Å². The molecule has 0 bridgehead atoms. The number of nitrogens with two attached hydrogens (primary N) is 1. The molecular formula is C23H24FN7O. The van der Waals surface area contributed by atoms with E-state index < -0.39 is 5.91 Å². The van der Waals surface area contributed by atoms with E-state index in [1.165, 1.54) is 12.1 Å². The highest BCUT2D eigenvalue weighted by molar-refractivity contribution is 6.04. The molecule has 9 heteroatoms. The summed E-state index contributed by atoms with van der Waals surface area (Å²) in [5.41, 5.74) is 9.43. The first-order valence-electron chi connectivity index (χ1n) is 10.1. The number of para-hydroxylation sites is 1. The van der Waals surface area contributed by atoms with Gasteiger partial charge in [0.15, 0.2) is 5.82 Å². The monoisotopic (exact) mass is 433 g/mol. The number of rotatable bonds is 6. The van der Waals surface area contributed by atoms with Crippen LogP contribution in [0.2, 0.25) is 0 Å². The minimum atomic E-state index is -0.544. The Kier molecular flexibility index (Phi) is 5.48. The molecule has 0 spiro atoms. The number of imidazole rings is 1. The Balaban J connectivity index is 1.83. The van der Waals surface area contributed by atoms with Crippen molar-refractivity contribution in [1.82, 2.24) is 19.5 Å². The molecule has 0 aliphatic carbocycles. The second kappa shape index (κ2) is 8.26. The number of hydrogen-bond acceptors (Lipinski definition) is 6. The zero-order valence-corrected chi connectivity index (χ0v) is 18.3. The van der Waals surface area contributed by atoms with E-state index in [9.17, 15) is 9.18 Å². The van der Waals surface area contributed by atoms with Crippen LogP contribution in [0.4, 0.5) is 15.9 Å². The van der Waals surface area contributed by atoms with Crippen LogP contribution in [0.1, 0.15) is 27.4 Å². The van der Waals surface area contributed by atoms with Gasteiger partial charge in [0.05, 0.1) is 16.8 Å². The molecule has 1 amide bonds. The molecule has 0 saturated carbocycles. The summed E-state index contributed by atoms with van der Waals surface area (Å²) in [7, 11) is 3.82. The maximum atomic E-state index is 13.6. The highest BCUT2D eigenvalue weighted by atomic mass is 19.1. The van der Waals surface area contributed by atoms with Crippen LogP contribution in [-0.2, 0) is 6.54 Å². The zero-order chi connectivity index (χ0) is 23.0. The highest BCUT2D eigenvalue weighted by Crippen LogP contribution is 2.29. The third-order valence-electron chi connectivity index (χ3n) is 5.16. The number of halogens is 1. The summed E-state index contributed by atoms with van der Waals surface area (Å²) in [6.45, 7) is 4.12. The SMILES string of the molecule is Cc1nc(-n2c(C)nc3c(C(N)=O)cccc32)nc(NCc2cccc(F)c2)c1N(C)C. The van der Waals surface area contributed by atoms with Crippen LogP contribution in [0, 0.1) is 19.7 Å². The molecule has 4 rings (SSSR count). The molecule has 2 aromatic heterocycles. The Morgan fingerprint density at radius 2 is 1.88 bits per heavy atom. The summed E-state index contributed by atoms with van der Waals surface area (Å²) in [5, 5.41) is 3.31. The van der Waals surface area contributed by atoms with Crippen molar-refractivity contribution in [3.8, 4) is 5.95 Å². The molecule has 0 fully saturated rings. The Labute approximate surface area is 184 Å². The first-order chi connectivity index (χ1) is 15.3. The highest BCUT2D eigenvalue weighted by Gasteiger charge is 2.20. The summed E-state index contributed by atoms with van der Waals surface area (Å²) in [6, 6.07) is 11.7. The molecule has 8 nitrogen and oxygen atoms in total. The predicted octanol–water partition coefficient (Wildman–Crippen LogP) is 3.35. The second-order valence-electron chi connectivity index (χ2n) is 7.72. The van der Waals surface area contributed by atoms with Crippen molar-refractivity contribution >= 4 is 28.4 Å². The molecule has 0 saturated heterocycles. The number of benzene rings is 2. The van der Waals surface area contributed by atoms with Gasteiger partial charge in [0, 0.05) is 20.6 Å². The lowest BCUT2D eigenvalue weighted by molar-refractivity contribution is 0.100. The quantitative estimate of drug-likeness (QED) is 0.484. The smallest absolute Gasteiger partial charge is 0.250 e. The fourth-order valence-electron chi connectivity index (χ4n) is 3.81. The predicted molar refractivity (Wildman–Crippen MR) is 123 cm³/mol. The zero-order valence-electron chi connectivity index (χ0n) is 18.3. The van der Waals surface area contributed by atoms with Crippen molar-refractivity contribution in [2.24, 2.45) is 5.73 Å². The van der Waals surface area contributed by atoms with Crippen LogP contribution >= 0.6 is 0 Å². The van der Waals surface area contributed by atoms with Crippen molar-refractivity contribution < 1.29 is 9.18 Å². The third-order valence-corrected chi connectivity index (χ3v) is 5.16. The molecular weight excluding hydrogens is 409 g/mol. The number of amides is 1. The number of nitrogens with one attached hydrogen (secondary N) is 1. The van der Waals surface area contributed by atoms with Gasteiger partial charge in [-0.2, -0.15) is 4.98 Å². The summed E-state index contributed by atoms with van der Waals surface area (Å²) in [6.07, 6.45) is 0. The lowest BCUT2D eigenvalue weighted by Gasteiger charge is -2.21. The summed E-state index contributed by atoms with van der Waals surface area (Å²) in [4.78, 5) is 27.8. The lowest BCUT2D eigenvalue weighted by atomic mass is 10.2. The summed E-state index contributed by atoms with van der Waals surface area (Å²) >= 11 is 0. The minimum Gasteiger partial charge on any atom is -0.373 e. The van der Waals surface area contributed by atoms with Crippen LogP contribution < -0.4 is 16.0 Å². The van der Waals surface area contributed by atoms with Crippen LogP contribution in [-0.4, -0.2) is 39.5 Å². The number of carbonyl (C=O) groups excluding carboxylic acids is 1. The Hall–Kier alpha value is -4.01. The van der Waals surface area contributed by atoms with Gasteiger partial charge >= 0.3 is 0 Å². The number of aromatic nitrogens is 4. The van der Waals surface area contributed by atoms with E-state index >= 15 is 0 Å². The minimum absolute atomic E-state index is 0.289. The van der Waals surface area contributed by atoms with E-state index in [-0.39, 0.29) is 5.82 Å². The lowest BCUT2D eigenvalue weighted by Crippen LogP contribution is -2.18. The van der Waals surface area contributed by atoms with E-state index in [4.69, 9.17) is 15.7 Å². The van der Waals surface area contributed by atoms with Crippen molar-refractivity contribution in [3.63, 3.8) is 0 Å². The summed E-state index contributed by atoms with van der Waals surface area (Å²) < 4.78 is 15.4. The van der Waals surface area contributed by atoms with Gasteiger partial charge in [-0.15, -0.1) is 0 Å². The van der Waals surface area contributed by atoms with E-state index in [2.05, 4.69) is 10.3 Å².